The number of nitrogens with one attached hydrogen (secondary N) is 4. The van der Waals surface area contributed by atoms with E-state index in [-0.39, 0.29) is 79.4 Å². The topological polar surface area (TPSA) is 396 Å². The first-order valence-corrected chi connectivity index (χ1v) is 35.9. The average molecular weight is 1500 g/mol. The number of benzene rings is 4. The lowest BCUT2D eigenvalue weighted by atomic mass is 10.0. The predicted molar refractivity (Wildman–Crippen MR) is 403 cm³/mol. The molecule has 0 bridgehead atoms. The highest BCUT2D eigenvalue weighted by molar-refractivity contribution is 6.34. The monoisotopic (exact) mass is 1500 g/mol. The van der Waals surface area contributed by atoms with Gasteiger partial charge in [-0.3, -0.25) is 38.1 Å². The molecule has 3 aliphatic rings. The zero-order valence-electron chi connectivity index (χ0n) is 59.9. The molecule has 0 aliphatic heterocycles. The van der Waals surface area contributed by atoms with Gasteiger partial charge in [0.2, 0.25) is 29.5 Å². The number of carbonyl (C=O) groups excluding carboxylic acids is 6. The van der Waals surface area contributed by atoms with Crippen LogP contribution in [0.4, 0.5) is 17.5 Å². The summed E-state index contributed by atoms with van der Waals surface area (Å²) in [6.07, 6.45) is 17.9. The molecule has 3 fully saturated rings. The lowest BCUT2D eigenvalue weighted by Crippen LogP contribution is -2.32. The second-order valence-electron chi connectivity index (χ2n) is 27.4. The Morgan fingerprint density at radius 3 is 1.21 bits per heavy atom. The van der Waals surface area contributed by atoms with Crippen molar-refractivity contribution in [3.05, 3.63) is 180 Å². The Kier molecular flexibility index (Phi) is 19.3. The van der Waals surface area contributed by atoms with Crippen LogP contribution in [0, 0.1) is 17.8 Å². The number of aliphatic hydroxyl groups is 1. The number of likely N-dealkylation sites (N-methyl/N-ethyl adjacent to an activating group) is 2. The average Bonchev–Trinajstić information content (AvgIpc) is 1.62. The van der Waals surface area contributed by atoms with Crippen LogP contribution < -0.4 is 21.3 Å². The number of halogens is 1. The van der Waals surface area contributed by atoms with Crippen molar-refractivity contribution in [2.45, 2.75) is 71.2 Å². The molecule has 36 heteroatoms. The van der Waals surface area contributed by atoms with Crippen LogP contribution in [0.1, 0.15) is 66.0 Å². The summed E-state index contributed by atoms with van der Waals surface area (Å²) in [4.78, 5) is 88.6. The van der Waals surface area contributed by atoms with E-state index in [1.165, 1.54) is 9.80 Å². The Morgan fingerprint density at radius 1 is 0.473 bits per heavy atom. The summed E-state index contributed by atoms with van der Waals surface area (Å²) in [5.74, 6) is 1.43. The predicted octanol–water partition coefficient (Wildman–Crippen LogP) is 6.56. The van der Waals surface area contributed by atoms with E-state index in [0.717, 1.165) is 122 Å². The number of carbonyl (C=O) groups is 6. The first kappa shape index (κ1) is 70.7. The minimum Gasteiger partial charge on any atom is -0.395 e. The number of imidazole rings is 3. The van der Waals surface area contributed by atoms with Crippen molar-refractivity contribution in [1.29, 1.82) is 0 Å². The highest BCUT2D eigenvalue weighted by Gasteiger charge is 2.32. The van der Waals surface area contributed by atoms with Gasteiger partial charge in [0.1, 0.15) is 29.6 Å². The second kappa shape index (κ2) is 30.0. The number of fused-ring (bicyclic) bond motifs is 6. The molecule has 5 N–H and O–H groups in total. The molecule has 35 nitrogen and oxygen atoms in total. The van der Waals surface area contributed by atoms with Gasteiger partial charge in [-0.1, -0.05) is 51.5 Å². The van der Waals surface area contributed by atoms with Gasteiger partial charge in [-0.15, -0.1) is 15.3 Å². The number of rotatable bonds is 22. The molecule has 0 unspecified atom stereocenters. The van der Waals surface area contributed by atoms with Gasteiger partial charge in [0, 0.05) is 76.0 Å². The van der Waals surface area contributed by atoms with Crippen molar-refractivity contribution in [2.75, 3.05) is 57.3 Å². The standard InChI is InChI=1S/C25H21ClN8O2.C25H26N10O3.C24H24N10O2/c1-27-25(36)18-7-4-15(10-19(18)26)16-5-8-20-21(11-16)33(32-30-20)12-17-6-9-23-28-22(13-34(23)31-17)29-24(35)14-2-3-14;1-32(8-9-36)24(37)15-33-12-18(11-26-33)17-4-6-20-21(10-17)34(31-29-20)13-19-5-7-23-27-22(14-35(23)30-19)28-25(38)16-2-3-16;1-31(2)23(35)14-32-11-17(10-25-32)16-5-7-19-20(9-16)33(30-28-19)12-18-6-8-22-26-21(13-34(22)29-18)27-24(36)15-3-4-15/h4-11,13-14H,2-3,12H2,1H3,(H,27,36)(H,29,35);4-7,10-12,14,16,36H,2-3,8-9,13,15H2,1H3,(H,28,38);5-11,13,15H,3-4,12,14H2,1-2H3,(H,27,36). The molecule has 6 amide bonds. The van der Waals surface area contributed by atoms with Crippen molar-refractivity contribution < 1.29 is 33.9 Å². The summed E-state index contributed by atoms with van der Waals surface area (Å²) in [7, 11) is 6.66. The van der Waals surface area contributed by atoms with E-state index in [1.54, 1.807) is 108 Å². The summed E-state index contributed by atoms with van der Waals surface area (Å²) in [5.41, 5.74) is 14.9. The van der Waals surface area contributed by atoms with E-state index in [1.807, 2.05) is 109 Å². The zero-order valence-corrected chi connectivity index (χ0v) is 60.6. The van der Waals surface area contributed by atoms with Crippen LogP contribution >= 0.6 is 11.6 Å². The summed E-state index contributed by atoms with van der Waals surface area (Å²) < 4.78 is 13.5. The van der Waals surface area contributed by atoms with Crippen LogP contribution in [0.3, 0.4) is 0 Å². The molecular formula is C74H71ClN28O7. The Balaban J connectivity index is 0.000000125. The summed E-state index contributed by atoms with van der Waals surface area (Å²) in [6.45, 7) is 1.67. The molecule has 11 heterocycles. The van der Waals surface area contributed by atoms with Crippen LogP contribution in [0.15, 0.2) is 153 Å². The van der Waals surface area contributed by atoms with E-state index >= 15 is 0 Å². The highest BCUT2D eigenvalue weighted by atomic mass is 35.5. The quantitative estimate of drug-likeness (QED) is 0.0479. The third kappa shape index (κ3) is 15.8. The van der Waals surface area contributed by atoms with E-state index in [4.69, 9.17) is 16.7 Å². The van der Waals surface area contributed by atoms with Crippen LogP contribution in [-0.4, -0.2) is 200 Å². The molecule has 0 saturated heterocycles. The maximum absolute atomic E-state index is 12.3. The smallest absolute Gasteiger partial charge is 0.252 e. The fourth-order valence-corrected chi connectivity index (χ4v) is 12.5. The third-order valence-electron chi connectivity index (χ3n) is 18.9. The molecule has 110 heavy (non-hydrogen) atoms. The Morgan fingerprint density at radius 2 is 0.845 bits per heavy atom. The normalized spacial score (nSPS) is 13.3. The minimum atomic E-state index is -0.232. The Hall–Kier alpha value is -13.6. The summed E-state index contributed by atoms with van der Waals surface area (Å²) in [6, 6.07) is 34.1. The van der Waals surface area contributed by atoms with Crippen molar-refractivity contribution in [3.8, 4) is 33.4 Å². The largest absolute Gasteiger partial charge is 0.395 e. The van der Waals surface area contributed by atoms with Gasteiger partial charge in [0.15, 0.2) is 34.4 Å². The molecular weight excluding hydrogens is 1430 g/mol. The van der Waals surface area contributed by atoms with E-state index in [2.05, 4.69) is 92.6 Å². The minimum absolute atomic E-state index is 0.00435. The molecule has 18 rings (SSSR count). The highest BCUT2D eigenvalue weighted by Crippen LogP contribution is 2.34. The van der Waals surface area contributed by atoms with Gasteiger partial charge >= 0.3 is 0 Å². The number of nitrogens with zero attached hydrogens (tertiary/aromatic N) is 24. The van der Waals surface area contributed by atoms with E-state index < -0.39 is 0 Å². The van der Waals surface area contributed by atoms with Gasteiger partial charge in [0.25, 0.3) is 5.91 Å². The zero-order chi connectivity index (χ0) is 75.8. The lowest BCUT2D eigenvalue weighted by Gasteiger charge is -2.15. The number of anilines is 3. The Labute approximate surface area is 628 Å². The molecule has 0 spiro atoms. The number of amides is 6. The molecule has 556 valence electrons. The molecule has 3 aliphatic carbocycles. The maximum atomic E-state index is 12.3. The van der Waals surface area contributed by atoms with Crippen LogP contribution in [0.2, 0.25) is 5.02 Å². The maximum Gasteiger partial charge on any atom is 0.252 e. The van der Waals surface area contributed by atoms with Crippen LogP contribution in [0.5, 0.6) is 0 Å². The summed E-state index contributed by atoms with van der Waals surface area (Å²) >= 11 is 6.35. The van der Waals surface area contributed by atoms with Crippen LogP contribution in [-0.2, 0) is 56.7 Å². The first-order chi connectivity index (χ1) is 53.4. The number of aliphatic hydroxyl groups excluding tert-OH is 1. The SMILES string of the molecule is CN(C)C(=O)Cn1cc(-c2ccc3nnn(Cc4ccc5nc(NC(=O)C6CC6)cn5n4)c3c2)cn1.CN(CCO)C(=O)Cn1cc(-c2ccc3nnn(Cc4ccc5nc(NC(=O)C6CC6)cn5n4)c3c2)cn1.CNC(=O)c1ccc(-c2ccc3nnn(Cc4ccc5nc(NC(=O)C6CC6)cn5n4)c3c2)cc1Cl. The number of aromatic nitrogens is 22. The van der Waals surface area contributed by atoms with Crippen molar-refractivity contribution in [2.24, 2.45) is 17.8 Å². The van der Waals surface area contributed by atoms with Gasteiger partial charge in [-0.05, 0) is 146 Å². The molecule has 0 radical (unpaired) electrons. The first-order valence-electron chi connectivity index (χ1n) is 35.5. The van der Waals surface area contributed by atoms with Gasteiger partial charge in [0.05, 0.1) is 101 Å². The lowest BCUT2D eigenvalue weighted by molar-refractivity contribution is -0.131. The second-order valence-corrected chi connectivity index (χ2v) is 27.8. The fraction of sp³-hybridized carbons (Fsp3) is 0.270. The molecule has 4 aromatic carbocycles. The fourth-order valence-electron chi connectivity index (χ4n) is 12.2. The third-order valence-corrected chi connectivity index (χ3v) is 19.2. The van der Waals surface area contributed by atoms with Gasteiger partial charge in [-0.2, -0.15) is 25.5 Å². The number of hydrogen-bond acceptors (Lipinski definition) is 21. The van der Waals surface area contributed by atoms with Crippen molar-refractivity contribution in [3.63, 3.8) is 0 Å². The summed E-state index contributed by atoms with van der Waals surface area (Å²) in [5, 5.41) is 68.9. The van der Waals surface area contributed by atoms with E-state index in [9.17, 15) is 28.8 Å². The molecule has 0 atom stereocenters. The molecule has 3 saturated carbocycles. The van der Waals surface area contributed by atoms with Crippen LogP contribution in [0.25, 0.3) is 83.4 Å². The molecule has 15 aromatic rings. The van der Waals surface area contributed by atoms with Gasteiger partial charge in [-0.25, -0.2) is 42.5 Å². The van der Waals surface area contributed by atoms with E-state index in [0.29, 0.717) is 64.6 Å². The van der Waals surface area contributed by atoms with Gasteiger partial charge < -0.3 is 36.2 Å². The Bertz CT molecular complexity index is 6070. The van der Waals surface area contributed by atoms with Crippen molar-refractivity contribution in [1.82, 2.24) is 123 Å². The number of hydrogen-bond donors (Lipinski definition) is 5. The molecule has 11 aromatic heterocycles. The van der Waals surface area contributed by atoms with Crippen molar-refractivity contribution >= 4 is 115 Å².